The van der Waals surface area contributed by atoms with Gasteiger partial charge in [-0.25, -0.2) is 0 Å². The van der Waals surface area contributed by atoms with Gasteiger partial charge in [-0.1, -0.05) is 0 Å². The number of rotatable bonds is 6. The molecule has 0 saturated heterocycles. The maximum atomic E-state index is 15.3. The quantitative estimate of drug-likeness (QED) is 0.503. The molecule has 0 fully saturated rings. The molecule has 0 aromatic heterocycles. The summed E-state index contributed by atoms with van der Waals surface area (Å²) in [5.41, 5.74) is 3.68. The molecule has 1 heterocycles. The molecule has 6 nitrogen and oxygen atoms in total. The van der Waals surface area contributed by atoms with Gasteiger partial charge < -0.3 is 28.2 Å². The molecule has 0 amide bonds. The highest BCUT2D eigenvalue weighted by Crippen LogP contribution is 2.49. The topological polar surface area (TPSA) is 63.2 Å². The van der Waals surface area contributed by atoms with E-state index in [9.17, 15) is 0 Å². The van der Waals surface area contributed by atoms with Crippen molar-refractivity contribution in [1.82, 2.24) is 0 Å². The lowest BCUT2D eigenvalue weighted by Gasteiger charge is -2.24. The monoisotopic (exact) mass is 468 g/mol. The second kappa shape index (κ2) is 8.68. The molecule has 0 N–H and O–H groups in total. The molecular formula is C26H29O6P. The number of fused-ring (bicyclic) bond motifs is 1. The van der Waals surface area contributed by atoms with Crippen molar-refractivity contribution >= 4 is 23.1 Å². The second-order valence-corrected chi connectivity index (χ2v) is 11.0. The normalized spacial score (nSPS) is 12.6. The zero-order valence-electron chi connectivity index (χ0n) is 20.1. The van der Waals surface area contributed by atoms with Gasteiger partial charge in [0.15, 0.2) is 18.6 Å². The third-order valence-electron chi connectivity index (χ3n) is 6.03. The first-order chi connectivity index (χ1) is 15.7. The van der Waals surface area contributed by atoms with E-state index in [0.717, 1.165) is 33.8 Å². The van der Waals surface area contributed by atoms with Gasteiger partial charge >= 0.3 is 0 Å². The van der Waals surface area contributed by atoms with Gasteiger partial charge in [-0.15, -0.1) is 0 Å². The Hall–Kier alpha value is -3.11. The van der Waals surface area contributed by atoms with Gasteiger partial charge in [0.05, 0.1) is 21.3 Å². The Bertz CT molecular complexity index is 1170. The van der Waals surface area contributed by atoms with Crippen LogP contribution in [0.3, 0.4) is 0 Å². The summed E-state index contributed by atoms with van der Waals surface area (Å²) in [4.78, 5) is 0. The molecule has 1 aliphatic rings. The van der Waals surface area contributed by atoms with Crippen molar-refractivity contribution in [2.24, 2.45) is 0 Å². The Labute approximate surface area is 194 Å². The summed E-state index contributed by atoms with van der Waals surface area (Å²) in [5, 5.41) is 2.03. The van der Waals surface area contributed by atoms with E-state index >= 15 is 4.57 Å². The van der Waals surface area contributed by atoms with Crippen LogP contribution in [0.25, 0.3) is 0 Å². The Morgan fingerprint density at radius 1 is 0.667 bits per heavy atom. The lowest BCUT2D eigenvalue weighted by atomic mass is 10.1. The van der Waals surface area contributed by atoms with Crippen LogP contribution in [0.2, 0.25) is 0 Å². The van der Waals surface area contributed by atoms with Crippen LogP contribution in [0, 0.1) is 27.7 Å². The van der Waals surface area contributed by atoms with E-state index in [0.29, 0.717) is 33.2 Å². The lowest BCUT2D eigenvalue weighted by molar-refractivity contribution is 0.171. The molecular weight excluding hydrogens is 439 g/mol. The molecule has 0 unspecified atom stereocenters. The predicted molar refractivity (Wildman–Crippen MR) is 131 cm³/mol. The highest BCUT2D eigenvalue weighted by molar-refractivity contribution is 7.85. The van der Waals surface area contributed by atoms with Crippen molar-refractivity contribution in [3.05, 3.63) is 58.7 Å². The molecule has 174 valence electrons. The summed E-state index contributed by atoms with van der Waals surface area (Å²) in [6.45, 7) is 7.95. The first kappa shape index (κ1) is 23.1. The average molecular weight is 468 g/mol. The summed E-state index contributed by atoms with van der Waals surface area (Å²) in [5.74, 6) is 3.11. The zero-order valence-corrected chi connectivity index (χ0v) is 21.0. The molecule has 3 aromatic rings. The van der Waals surface area contributed by atoms with Crippen molar-refractivity contribution < 1.29 is 28.2 Å². The molecule has 0 aliphatic carbocycles. The highest BCUT2D eigenvalue weighted by atomic mass is 31.2. The van der Waals surface area contributed by atoms with Crippen LogP contribution in [-0.4, -0.2) is 28.1 Å². The van der Waals surface area contributed by atoms with Crippen LogP contribution >= 0.6 is 7.14 Å². The van der Waals surface area contributed by atoms with Crippen molar-refractivity contribution in [2.45, 2.75) is 27.7 Å². The lowest BCUT2D eigenvalue weighted by Crippen LogP contribution is -2.26. The average Bonchev–Trinajstić information content (AvgIpc) is 3.26. The van der Waals surface area contributed by atoms with Crippen LogP contribution in [-0.2, 0) is 4.57 Å². The Morgan fingerprint density at radius 3 is 1.55 bits per heavy atom. The molecule has 1 aliphatic heterocycles. The molecule has 0 radical (unpaired) electrons. The van der Waals surface area contributed by atoms with Crippen molar-refractivity contribution in [2.75, 3.05) is 28.1 Å². The van der Waals surface area contributed by atoms with Crippen LogP contribution in [0.1, 0.15) is 22.3 Å². The third-order valence-corrected chi connectivity index (χ3v) is 8.99. The van der Waals surface area contributed by atoms with E-state index in [1.807, 2.05) is 52.0 Å². The van der Waals surface area contributed by atoms with Gasteiger partial charge in [0.2, 0.25) is 12.5 Å². The molecule has 4 rings (SSSR count). The van der Waals surface area contributed by atoms with Gasteiger partial charge in [-0.2, -0.15) is 0 Å². The third kappa shape index (κ3) is 3.72. The first-order valence-corrected chi connectivity index (χ1v) is 12.3. The maximum absolute atomic E-state index is 15.3. The predicted octanol–water partition coefficient (Wildman–Crippen LogP) is 4.31. The van der Waals surface area contributed by atoms with Gasteiger partial charge in [0.25, 0.3) is 0 Å². The maximum Gasteiger partial charge on any atom is 0.231 e. The fourth-order valence-corrected chi connectivity index (χ4v) is 7.60. The Kier molecular flexibility index (Phi) is 6.06. The summed E-state index contributed by atoms with van der Waals surface area (Å²) >= 11 is 0. The largest absolute Gasteiger partial charge is 0.496 e. The second-order valence-electron chi connectivity index (χ2n) is 8.22. The van der Waals surface area contributed by atoms with Crippen LogP contribution in [0.15, 0.2) is 36.4 Å². The minimum atomic E-state index is -3.34. The summed E-state index contributed by atoms with van der Waals surface area (Å²) in [7, 11) is 1.51. The van der Waals surface area contributed by atoms with E-state index in [1.165, 1.54) is 0 Å². The smallest absolute Gasteiger partial charge is 0.231 e. The van der Waals surface area contributed by atoms with Crippen LogP contribution in [0.4, 0.5) is 0 Å². The Balaban J connectivity index is 2.06. The number of hydrogen-bond donors (Lipinski definition) is 0. The van der Waals surface area contributed by atoms with Gasteiger partial charge in [0.1, 0.15) is 11.5 Å². The number of methoxy groups -OCH3 is 3. The van der Waals surface area contributed by atoms with Crippen molar-refractivity contribution in [3.8, 4) is 28.7 Å². The first-order valence-electron chi connectivity index (χ1n) is 10.6. The number of aryl methyl sites for hydroxylation is 4. The Morgan fingerprint density at radius 2 is 1.12 bits per heavy atom. The fraction of sp³-hybridized carbons (Fsp3) is 0.308. The summed E-state index contributed by atoms with van der Waals surface area (Å²) < 4.78 is 43.2. The van der Waals surface area contributed by atoms with Crippen LogP contribution < -0.4 is 39.6 Å². The van der Waals surface area contributed by atoms with Crippen molar-refractivity contribution in [3.63, 3.8) is 0 Å². The molecule has 7 heteroatoms. The molecule has 33 heavy (non-hydrogen) atoms. The van der Waals surface area contributed by atoms with Crippen molar-refractivity contribution in [1.29, 1.82) is 0 Å². The van der Waals surface area contributed by atoms with Gasteiger partial charge in [0, 0.05) is 15.9 Å². The molecule has 0 atom stereocenters. The van der Waals surface area contributed by atoms with E-state index in [-0.39, 0.29) is 6.79 Å². The molecule has 0 saturated carbocycles. The van der Waals surface area contributed by atoms with Gasteiger partial charge in [-0.3, -0.25) is 0 Å². The zero-order chi connectivity index (χ0) is 23.9. The highest BCUT2D eigenvalue weighted by Gasteiger charge is 2.35. The molecule has 0 spiro atoms. The minimum Gasteiger partial charge on any atom is -0.496 e. The standard InChI is InChI=1S/C26H29O6P/c1-15-8-19(9-16(2)24(15)29-6)33(27,20-10-17(3)25(30-7)18(4)11-20)21-12-22(28-5)26-23(13-21)31-14-32-26/h8-13H,14H2,1-7H3. The number of hydrogen-bond acceptors (Lipinski definition) is 6. The van der Waals surface area contributed by atoms with E-state index in [1.54, 1.807) is 33.5 Å². The molecule has 3 aromatic carbocycles. The SMILES string of the molecule is COc1cc(P(=O)(c2cc(C)c(OC)c(C)c2)c2cc(C)c(OC)c(C)c2)cc2c1OCO2. The van der Waals surface area contributed by atoms with E-state index in [2.05, 4.69) is 0 Å². The fourth-order valence-electron chi connectivity index (χ4n) is 4.61. The minimum absolute atomic E-state index is 0.0982. The van der Waals surface area contributed by atoms with E-state index < -0.39 is 7.14 Å². The number of ether oxygens (including phenoxy) is 5. The summed E-state index contributed by atoms with van der Waals surface area (Å²) in [6, 6.07) is 11.4. The molecule has 0 bridgehead atoms. The van der Waals surface area contributed by atoms with Gasteiger partial charge in [-0.05, 0) is 86.3 Å². The van der Waals surface area contributed by atoms with E-state index in [4.69, 9.17) is 23.7 Å². The number of benzene rings is 3. The summed E-state index contributed by atoms with van der Waals surface area (Å²) in [6.07, 6.45) is 0. The van der Waals surface area contributed by atoms with Crippen LogP contribution in [0.5, 0.6) is 28.7 Å².